The van der Waals surface area contributed by atoms with Crippen molar-refractivity contribution in [3.63, 3.8) is 0 Å². The van der Waals surface area contributed by atoms with Gasteiger partial charge < -0.3 is 4.90 Å². The Hall–Kier alpha value is -2.04. The fourth-order valence-corrected chi connectivity index (χ4v) is 2.80. The Morgan fingerprint density at radius 3 is 2.86 bits per heavy atom. The normalized spacial score (nSPS) is 10.9. The second-order valence-electron chi connectivity index (χ2n) is 5.04. The Bertz CT molecular complexity index is 844. The number of nitrogens with zero attached hydrogens (tertiary/aromatic N) is 2. The lowest BCUT2D eigenvalue weighted by atomic mass is 10.1. The van der Waals surface area contributed by atoms with Crippen LogP contribution in [0.15, 0.2) is 42.6 Å². The quantitative estimate of drug-likeness (QED) is 0.782. The van der Waals surface area contributed by atoms with Gasteiger partial charge in [0.15, 0.2) is 0 Å². The number of para-hydroxylation sites is 1. The number of benzene rings is 2. The van der Waals surface area contributed by atoms with E-state index in [-0.39, 0.29) is 5.91 Å². The third-order valence-corrected chi connectivity index (χ3v) is 4.06. The van der Waals surface area contributed by atoms with Crippen LogP contribution in [0, 0.1) is 0 Å². The summed E-state index contributed by atoms with van der Waals surface area (Å²) in [6.07, 6.45) is 1.70. The first kappa shape index (κ1) is 14.9. The minimum absolute atomic E-state index is 0.0964. The van der Waals surface area contributed by atoms with Crippen LogP contribution in [-0.2, 0) is 6.54 Å². The maximum atomic E-state index is 12.6. The first-order valence-electron chi connectivity index (χ1n) is 6.68. The first-order chi connectivity index (χ1) is 10.6. The fourth-order valence-electron chi connectivity index (χ4n) is 2.33. The smallest absolute Gasteiger partial charge is 0.256 e. The molecule has 3 rings (SSSR count). The van der Waals surface area contributed by atoms with E-state index >= 15 is 0 Å². The first-order valence-corrected chi connectivity index (χ1v) is 7.43. The van der Waals surface area contributed by atoms with Gasteiger partial charge in [-0.25, -0.2) is 0 Å². The number of amides is 1. The van der Waals surface area contributed by atoms with Crippen molar-refractivity contribution in [1.29, 1.82) is 0 Å². The van der Waals surface area contributed by atoms with Crippen LogP contribution in [0.1, 0.15) is 15.9 Å². The molecule has 112 valence electrons. The number of hydrogen-bond acceptors (Lipinski definition) is 2. The highest BCUT2D eigenvalue weighted by Crippen LogP contribution is 2.23. The van der Waals surface area contributed by atoms with Gasteiger partial charge in [0.1, 0.15) is 0 Å². The molecule has 0 spiro atoms. The lowest BCUT2D eigenvalue weighted by Crippen LogP contribution is -2.26. The van der Waals surface area contributed by atoms with Crippen LogP contribution in [0.3, 0.4) is 0 Å². The van der Waals surface area contributed by atoms with E-state index in [1.807, 2.05) is 18.2 Å². The van der Waals surface area contributed by atoms with E-state index in [0.717, 1.165) is 16.5 Å². The van der Waals surface area contributed by atoms with E-state index in [1.165, 1.54) is 0 Å². The summed E-state index contributed by atoms with van der Waals surface area (Å²) in [5.74, 6) is -0.0964. The minimum Gasteiger partial charge on any atom is -0.337 e. The summed E-state index contributed by atoms with van der Waals surface area (Å²) in [6.45, 7) is 0.402. The Labute approximate surface area is 137 Å². The standard InChI is InChI=1S/C16H13Cl2N3O/c1-21(9-11-5-6-12(17)7-14(11)18)16(22)13-4-2-3-10-8-19-20-15(10)13/h2-8H,9H2,1H3,(H,19,20). The Morgan fingerprint density at radius 1 is 1.27 bits per heavy atom. The summed E-state index contributed by atoms with van der Waals surface area (Å²) >= 11 is 12.1. The van der Waals surface area contributed by atoms with E-state index in [1.54, 1.807) is 36.3 Å². The van der Waals surface area contributed by atoms with Crippen LogP contribution in [0.4, 0.5) is 0 Å². The molecular weight excluding hydrogens is 321 g/mol. The van der Waals surface area contributed by atoms with Crippen molar-refractivity contribution in [1.82, 2.24) is 15.1 Å². The number of carbonyl (C=O) groups excluding carboxylic acids is 1. The second-order valence-corrected chi connectivity index (χ2v) is 5.88. The van der Waals surface area contributed by atoms with Gasteiger partial charge in [0.25, 0.3) is 5.91 Å². The Kier molecular flexibility index (Phi) is 4.05. The molecule has 2 aromatic carbocycles. The van der Waals surface area contributed by atoms with Gasteiger partial charge in [-0.1, -0.05) is 41.4 Å². The van der Waals surface area contributed by atoms with E-state index in [0.29, 0.717) is 22.2 Å². The van der Waals surface area contributed by atoms with Crippen molar-refractivity contribution < 1.29 is 4.79 Å². The van der Waals surface area contributed by atoms with Gasteiger partial charge in [0.05, 0.1) is 17.3 Å². The highest BCUT2D eigenvalue weighted by molar-refractivity contribution is 6.35. The third kappa shape index (κ3) is 2.80. The predicted octanol–water partition coefficient (Wildman–Crippen LogP) is 4.14. The van der Waals surface area contributed by atoms with Crippen LogP contribution in [0.5, 0.6) is 0 Å². The number of rotatable bonds is 3. The lowest BCUT2D eigenvalue weighted by Gasteiger charge is -2.18. The van der Waals surface area contributed by atoms with Gasteiger partial charge in [0, 0.05) is 29.0 Å². The average molecular weight is 334 g/mol. The number of carbonyl (C=O) groups is 1. The molecule has 1 aromatic heterocycles. The largest absolute Gasteiger partial charge is 0.337 e. The zero-order valence-corrected chi connectivity index (χ0v) is 13.3. The third-order valence-electron chi connectivity index (χ3n) is 3.48. The molecule has 0 saturated heterocycles. The average Bonchev–Trinajstić information content (AvgIpc) is 2.97. The molecule has 0 unspecified atom stereocenters. The van der Waals surface area contributed by atoms with E-state index in [9.17, 15) is 4.79 Å². The lowest BCUT2D eigenvalue weighted by molar-refractivity contribution is 0.0787. The van der Waals surface area contributed by atoms with Crippen molar-refractivity contribution in [3.05, 3.63) is 63.8 Å². The number of halogens is 2. The van der Waals surface area contributed by atoms with Gasteiger partial charge >= 0.3 is 0 Å². The van der Waals surface area contributed by atoms with Crippen molar-refractivity contribution in [2.45, 2.75) is 6.54 Å². The maximum Gasteiger partial charge on any atom is 0.256 e. The highest BCUT2D eigenvalue weighted by Gasteiger charge is 2.16. The van der Waals surface area contributed by atoms with Gasteiger partial charge in [-0.3, -0.25) is 9.89 Å². The number of nitrogens with one attached hydrogen (secondary N) is 1. The monoisotopic (exact) mass is 333 g/mol. The van der Waals surface area contributed by atoms with Gasteiger partial charge in [0.2, 0.25) is 0 Å². The SMILES string of the molecule is CN(Cc1ccc(Cl)cc1Cl)C(=O)c1cccc2cn[nH]c12. The summed E-state index contributed by atoms with van der Waals surface area (Å²) in [6, 6.07) is 10.8. The number of fused-ring (bicyclic) bond motifs is 1. The maximum absolute atomic E-state index is 12.6. The summed E-state index contributed by atoms with van der Waals surface area (Å²) in [4.78, 5) is 14.3. The Balaban J connectivity index is 1.87. The van der Waals surface area contributed by atoms with Crippen LogP contribution >= 0.6 is 23.2 Å². The van der Waals surface area contributed by atoms with Crippen LogP contribution in [-0.4, -0.2) is 28.1 Å². The molecule has 1 amide bonds. The molecule has 0 aliphatic carbocycles. The van der Waals surface area contributed by atoms with E-state index in [4.69, 9.17) is 23.2 Å². The summed E-state index contributed by atoms with van der Waals surface area (Å²) in [7, 11) is 1.74. The fraction of sp³-hybridized carbons (Fsp3) is 0.125. The Morgan fingerprint density at radius 2 is 2.09 bits per heavy atom. The number of aromatic amines is 1. The molecule has 6 heteroatoms. The van der Waals surface area contributed by atoms with Crippen molar-refractivity contribution in [2.75, 3.05) is 7.05 Å². The minimum atomic E-state index is -0.0964. The number of aromatic nitrogens is 2. The van der Waals surface area contributed by atoms with Crippen molar-refractivity contribution in [2.24, 2.45) is 0 Å². The molecular formula is C16H13Cl2N3O. The predicted molar refractivity (Wildman–Crippen MR) is 88.4 cm³/mol. The highest BCUT2D eigenvalue weighted by atomic mass is 35.5. The zero-order valence-electron chi connectivity index (χ0n) is 11.8. The molecule has 0 aliphatic heterocycles. The molecule has 0 aliphatic rings. The molecule has 0 radical (unpaired) electrons. The summed E-state index contributed by atoms with van der Waals surface area (Å²) < 4.78 is 0. The topological polar surface area (TPSA) is 49.0 Å². The molecule has 1 N–H and O–H groups in total. The van der Waals surface area contributed by atoms with Crippen molar-refractivity contribution in [3.8, 4) is 0 Å². The molecule has 22 heavy (non-hydrogen) atoms. The van der Waals surface area contributed by atoms with Crippen LogP contribution < -0.4 is 0 Å². The number of hydrogen-bond donors (Lipinski definition) is 1. The molecule has 0 saturated carbocycles. The molecule has 4 nitrogen and oxygen atoms in total. The van der Waals surface area contributed by atoms with E-state index in [2.05, 4.69) is 10.2 Å². The molecule has 3 aromatic rings. The summed E-state index contributed by atoms with van der Waals surface area (Å²) in [5, 5.41) is 8.87. The second kappa shape index (κ2) is 5.99. The van der Waals surface area contributed by atoms with Gasteiger partial charge in [-0.05, 0) is 23.8 Å². The van der Waals surface area contributed by atoms with E-state index < -0.39 is 0 Å². The zero-order chi connectivity index (χ0) is 15.7. The van der Waals surface area contributed by atoms with Gasteiger partial charge in [-0.15, -0.1) is 0 Å². The van der Waals surface area contributed by atoms with Gasteiger partial charge in [-0.2, -0.15) is 5.10 Å². The van der Waals surface area contributed by atoms with Crippen LogP contribution in [0.2, 0.25) is 10.0 Å². The van der Waals surface area contributed by atoms with Crippen molar-refractivity contribution >= 4 is 40.0 Å². The molecule has 0 atom stereocenters. The van der Waals surface area contributed by atoms with Crippen LogP contribution in [0.25, 0.3) is 10.9 Å². The molecule has 1 heterocycles. The summed E-state index contributed by atoms with van der Waals surface area (Å²) in [5.41, 5.74) is 2.17. The number of H-pyrrole nitrogens is 1. The molecule has 0 bridgehead atoms. The molecule has 0 fully saturated rings.